The number of nitrogens with zero attached hydrogens (tertiary/aromatic N) is 3. The van der Waals surface area contributed by atoms with Crippen molar-refractivity contribution in [2.45, 2.75) is 6.42 Å². The van der Waals surface area contributed by atoms with Crippen LogP contribution in [0.5, 0.6) is 11.5 Å². The molecular formula is C23H13ClN4O2. The monoisotopic (exact) mass is 412 g/mol. The van der Waals surface area contributed by atoms with E-state index in [0.29, 0.717) is 33.3 Å². The average Bonchev–Trinajstić information content (AvgIpc) is 2.76. The van der Waals surface area contributed by atoms with Gasteiger partial charge in [0, 0.05) is 5.69 Å². The van der Waals surface area contributed by atoms with Crippen molar-refractivity contribution in [1.29, 1.82) is 15.8 Å². The van der Waals surface area contributed by atoms with Gasteiger partial charge in [0.15, 0.2) is 0 Å². The van der Waals surface area contributed by atoms with Gasteiger partial charge in [0.25, 0.3) is 0 Å². The number of halogens is 1. The maximum atomic E-state index is 12.3. The van der Waals surface area contributed by atoms with Crippen LogP contribution in [0, 0.1) is 34.0 Å². The maximum absolute atomic E-state index is 12.3. The number of rotatable bonds is 5. The summed E-state index contributed by atoms with van der Waals surface area (Å²) in [5, 5.41) is 30.1. The zero-order chi connectivity index (χ0) is 21.5. The van der Waals surface area contributed by atoms with E-state index < -0.39 is 0 Å². The Labute approximate surface area is 178 Å². The van der Waals surface area contributed by atoms with Gasteiger partial charge in [0.1, 0.15) is 11.5 Å². The first kappa shape index (κ1) is 20.4. The standard InChI is InChI=1S/C23H13ClN4O2/c24-21-6-3-16(11-23(29)28-19-4-1-15(12-25)2-5-19)10-22(21)30-20-8-17(13-26)7-18(9-20)14-27/h1-10H,11H2,(H,28,29). The minimum atomic E-state index is -0.244. The highest BCUT2D eigenvalue weighted by Gasteiger charge is 2.10. The Bertz CT molecular complexity index is 1200. The van der Waals surface area contributed by atoms with E-state index in [1.165, 1.54) is 18.2 Å². The molecule has 0 aliphatic carbocycles. The molecule has 0 radical (unpaired) electrons. The SMILES string of the molecule is N#Cc1ccc(NC(=O)Cc2ccc(Cl)c(Oc3cc(C#N)cc(C#N)c3)c2)cc1. The molecule has 3 rings (SSSR count). The molecule has 3 aromatic rings. The largest absolute Gasteiger partial charge is 0.456 e. The molecule has 30 heavy (non-hydrogen) atoms. The lowest BCUT2D eigenvalue weighted by atomic mass is 10.1. The molecule has 0 heterocycles. The second-order valence-corrected chi connectivity index (χ2v) is 6.66. The van der Waals surface area contributed by atoms with Crippen LogP contribution in [0.2, 0.25) is 5.02 Å². The summed E-state index contributed by atoms with van der Waals surface area (Å²) in [5.74, 6) is 0.359. The molecule has 144 valence electrons. The molecule has 0 saturated heterocycles. The second kappa shape index (κ2) is 9.26. The van der Waals surface area contributed by atoms with Crippen LogP contribution >= 0.6 is 11.6 Å². The van der Waals surface area contributed by atoms with Crippen molar-refractivity contribution in [3.8, 4) is 29.7 Å². The topological polar surface area (TPSA) is 110 Å². The van der Waals surface area contributed by atoms with Crippen molar-refractivity contribution in [3.63, 3.8) is 0 Å². The van der Waals surface area contributed by atoms with E-state index in [1.807, 2.05) is 18.2 Å². The van der Waals surface area contributed by atoms with Crippen LogP contribution in [0.15, 0.2) is 60.7 Å². The zero-order valence-electron chi connectivity index (χ0n) is 15.5. The summed E-state index contributed by atoms with van der Waals surface area (Å²) in [4.78, 5) is 12.3. The van der Waals surface area contributed by atoms with Crippen LogP contribution in [0.3, 0.4) is 0 Å². The molecule has 0 unspecified atom stereocenters. The smallest absolute Gasteiger partial charge is 0.228 e. The second-order valence-electron chi connectivity index (χ2n) is 6.25. The van der Waals surface area contributed by atoms with Gasteiger partial charge in [0.05, 0.1) is 46.3 Å². The van der Waals surface area contributed by atoms with Gasteiger partial charge < -0.3 is 10.1 Å². The molecule has 6 nitrogen and oxygen atoms in total. The Morgan fingerprint density at radius 2 is 1.50 bits per heavy atom. The number of carbonyl (C=O) groups excluding carboxylic acids is 1. The molecule has 0 aromatic heterocycles. The number of nitriles is 3. The summed E-state index contributed by atoms with van der Waals surface area (Å²) >= 11 is 6.21. The first-order valence-corrected chi connectivity index (χ1v) is 9.10. The minimum absolute atomic E-state index is 0.0786. The summed E-state index contributed by atoms with van der Waals surface area (Å²) in [6.45, 7) is 0. The fraction of sp³-hybridized carbons (Fsp3) is 0.0435. The van der Waals surface area contributed by atoms with Gasteiger partial charge >= 0.3 is 0 Å². The summed E-state index contributed by atoms with van der Waals surface area (Å²) < 4.78 is 5.76. The lowest BCUT2D eigenvalue weighted by Gasteiger charge is -2.11. The van der Waals surface area contributed by atoms with E-state index in [9.17, 15) is 4.79 Å². The fourth-order valence-corrected chi connectivity index (χ4v) is 2.82. The van der Waals surface area contributed by atoms with E-state index in [-0.39, 0.29) is 23.5 Å². The molecule has 0 fully saturated rings. The van der Waals surface area contributed by atoms with Crippen LogP contribution in [0.4, 0.5) is 5.69 Å². The van der Waals surface area contributed by atoms with E-state index in [0.717, 1.165) is 0 Å². The Hall–Kier alpha value is -4.31. The van der Waals surface area contributed by atoms with Crippen LogP contribution in [0.25, 0.3) is 0 Å². The summed E-state index contributed by atoms with van der Waals surface area (Å²) in [5.41, 5.74) is 2.34. The minimum Gasteiger partial charge on any atom is -0.456 e. The quantitative estimate of drug-likeness (QED) is 0.638. The number of hydrogen-bond donors (Lipinski definition) is 1. The molecular weight excluding hydrogens is 400 g/mol. The van der Waals surface area contributed by atoms with E-state index in [4.69, 9.17) is 32.1 Å². The molecule has 1 amide bonds. The lowest BCUT2D eigenvalue weighted by Crippen LogP contribution is -2.14. The third-order valence-corrected chi connectivity index (χ3v) is 4.36. The highest BCUT2D eigenvalue weighted by atomic mass is 35.5. The van der Waals surface area contributed by atoms with Crippen molar-refractivity contribution < 1.29 is 9.53 Å². The van der Waals surface area contributed by atoms with Crippen molar-refractivity contribution in [2.24, 2.45) is 0 Å². The summed E-state index contributed by atoms with van der Waals surface area (Å²) in [7, 11) is 0. The predicted molar refractivity (Wildman–Crippen MR) is 111 cm³/mol. The van der Waals surface area contributed by atoms with Crippen LogP contribution in [-0.2, 0) is 11.2 Å². The van der Waals surface area contributed by atoms with Crippen LogP contribution < -0.4 is 10.1 Å². The Balaban J connectivity index is 1.75. The Kier molecular flexibility index (Phi) is 6.30. The maximum Gasteiger partial charge on any atom is 0.228 e. The molecule has 1 N–H and O–H groups in total. The first-order valence-electron chi connectivity index (χ1n) is 8.72. The van der Waals surface area contributed by atoms with Gasteiger partial charge in [-0.05, 0) is 60.2 Å². The normalized spacial score (nSPS) is 9.67. The third-order valence-electron chi connectivity index (χ3n) is 4.05. The van der Waals surface area contributed by atoms with E-state index >= 15 is 0 Å². The number of anilines is 1. The number of ether oxygens (including phenoxy) is 1. The molecule has 0 atom stereocenters. The third kappa shape index (κ3) is 5.14. The van der Waals surface area contributed by atoms with E-state index in [2.05, 4.69) is 5.32 Å². The first-order chi connectivity index (χ1) is 14.5. The van der Waals surface area contributed by atoms with Gasteiger partial charge in [-0.15, -0.1) is 0 Å². The number of carbonyl (C=O) groups is 1. The number of hydrogen-bond acceptors (Lipinski definition) is 5. The van der Waals surface area contributed by atoms with Gasteiger partial charge in [0.2, 0.25) is 5.91 Å². The molecule has 3 aromatic carbocycles. The number of nitrogens with one attached hydrogen (secondary N) is 1. The molecule has 0 spiro atoms. The Morgan fingerprint density at radius 3 is 2.10 bits per heavy atom. The van der Waals surface area contributed by atoms with Gasteiger partial charge in [-0.3, -0.25) is 4.79 Å². The summed E-state index contributed by atoms with van der Waals surface area (Å²) in [6, 6.07) is 21.9. The predicted octanol–water partition coefficient (Wildman–Crippen LogP) is 4.93. The number of amides is 1. The molecule has 0 saturated carbocycles. The molecule has 0 bridgehead atoms. The van der Waals surface area contributed by atoms with Gasteiger partial charge in [-0.2, -0.15) is 15.8 Å². The van der Waals surface area contributed by atoms with Crippen LogP contribution in [0.1, 0.15) is 22.3 Å². The highest BCUT2D eigenvalue weighted by molar-refractivity contribution is 6.32. The molecule has 0 aliphatic rings. The number of benzene rings is 3. The van der Waals surface area contributed by atoms with Crippen molar-refractivity contribution in [1.82, 2.24) is 0 Å². The van der Waals surface area contributed by atoms with E-state index in [1.54, 1.807) is 42.5 Å². The highest BCUT2D eigenvalue weighted by Crippen LogP contribution is 2.31. The average molecular weight is 413 g/mol. The van der Waals surface area contributed by atoms with Crippen LogP contribution in [-0.4, -0.2) is 5.91 Å². The van der Waals surface area contributed by atoms with Crippen molar-refractivity contribution in [2.75, 3.05) is 5.32 Å². The van der Waals surface area contributed by atoms with Crippen molar-refractivity contribution in [3.05, 3.63) is 87.9 Å². The van der Waals surface area contributed by atoms with Gasteiger partial charge in [-0.25, -0.2) is 0 Å². The van der Waals surface area contributed by atoms with Gasteiger partial charge in [-0.1, -0.05) is 17.7 Å². The summed E-state index contributed by atoms with van der Waals surface area (Å²) in [6.07, 6.45) is 0.0786. The molecule has 7 heteroatoms. The lowest BCUT2D eigenvalue weighted by molar-refractivity contribution is -0.115. The molecule has 0 aliphatic heterocycles. The van der Waals surface area contributed by atoms with Crippen molar-refractivity contribution >= 4 is 23.2 Å². The Morgan fingerprint density at radius 1 is 0.867 bits per heavy atom. The fourth-order valence-electron chi connectivity index (χ4n) is 2.67. The zero-order valence-corrected chi connectivity index (χ0v) is 16.3.